The van der Waals surface area contributed by atoms with Crippen molar-refractivity contribution in [3.8, 4) is 0 Å². The van der Waals surface area contributed by atoms with Crippen molar-refractivity contribution in [2.75, 3.05) is 0 Å². The quantitative estimate of drug-likeness (QED) is 0.601. The Morgan fingerprint density at radius 1 is 0.857 bits per heavy atom. The molecule has 3 rings (SSSR count). The van der Waals surface area contributed by atoms with Crippen LogP contribution in [0.3, 0.4) is 0 Å². The molecule has 0 unspecified atom stereocenters. The van der Waals surface area contributed by atoms with Gasteiger partial charge in [0.15, 0.2) is 0 Å². The lowest BCUT2D eigenvalue weighted by molar-refractivity contribution is 0.319. The van der Waals surface area contributed by atoms with Gasteiger partial charge in [-0.1, -0.05) is 63.1 Å². The van der Waals surface area contributed by atoms with Gasteiger partial charge in [0, 0.05) is 0 Å². The molecule has 0 bridgehead atoms. The molecule has 0 spiro atoms. The zero-order valence-corrected chi connectivity index (χ0v) is 13.6. The van der Waals surface area contributed by atoms with E-state index in [1.807, 2.05) is 0 Å². The van der Waals surface area contributed by atoms with Crippen LogP contribution in [0.25, 0.3) is 10.8 Å². The van der Waals surface area contributed by atoms with Crippen molar-refractivity contribution >= 4 is 10.8 Å². The monoisotopic (exact) mass is 280 g/mol. The lowest BCUT2D eigenvalue weighted by Gasteiger charge is -2.28. The molecule has 0 radical (unpaired) electrons. The summed E-state index contributed by atoms with van der Waals surface area (Å²) in [5.41, 5.74) is 3.04. The van der Waals surface area contributed by atoms with E-state index in [1.165, 1.54) is 61.3 Å². The molecular formula is C21H28. The van der Waals surface area contributed by atoms with Crippen LogP contribution >= 0.6 is 0 Å². The van der Waals surface area contributed by atoms with Crippen LogP contribution in [0.1, 0.15) is 69.4 Å². The fourth-order valence-electron chi connectivity index (χ4n) is 3.92. The number of rotatable bonds is 4. The predicted octanol–water partition coefficient (Wildman–Crippen LogP) is 6.48. The number of hydrogen-bond acceptors (Lipinski definition) is 0. The predicted molar refractivity (Wildman–Crippen MR) is 92.9 cm³/mol. The van der Waals surface area contributed by atoms with E-state index in [2.05, 4.69) is 50.2 Å². The number of hydrogen-bond donors (Lipinski definition) is 0. The number of benzene rings is 2. The molecule has 0 amide bonds. The summed E-state index contributed by atoms with van der Waals surface area (Å²) in [5, 5.41) is 2.83. The molecule has 0 atom stereocenters. The Hall–Kier alpha value is -1.30. The molecule has 1 aliphatic carbocycles. The molecule has 112 valence electrons. The van der Waals surface area contributed by atoms with Gasteiger partial charge in [-0.25, -0.2) is 0 Å². The standard InChI is InChI=1S/C21H28/c1-3-5-17-8-11-21-15-20(13-12-19(21)14-17)18-9-6-16(4-2)7-10-18/h8,11-16,18H,3-7,9-10H2,1-2H3/t16-,18-. The highest BCUT2D eigenvalue weighted by atomic mass is 14.3. The molecule has 21 heavy (non-hydrogen) atoms. The van der Waals surface area contributed by atoms with Gasteiger partial charge < -0.3 is 0 Å². The third kappa shape index (κ3) is 3.31. The summed E-state index contributed by atoms with van der Waals surface area (Å²) in [5.74, 6) is 1.78. The highest BCUT2D eigenvalue weighted by molar-refractivity contribution is 5.84. The summed E-state index contributed by atoms with van der Waals surface area (Å²) >= 11 is 0. The molecule has 0 aliphatic heterocycles. The van der Waals surface area contributed by atoms with Gasteiger partial charge in [-0.15, -0.1) is 0 Å². The summed E-state index contributed by atoms with van der Waals surface area (Å²) in [7, 11) is 0. The van der Waals surface area contributed by atoms with Gasteiger partial charge in [0.25, 0.3) is 0 Å². The Labute approximate surface area is 129 Å². The van der Waals surface area contributed by atoms with E-state index < -0.39 is 0 Å². The maximum atomic E-state index is 2.45. The summed E-state index contributed by atoms with van der Waals surface area (Å²) in [6.45, 7) is 4.59. The van der Waals surface area contributed by atoms with Gasteiger partial charge in [0.05, 0.1) is 0 Å². The SMILES string of the molecule is CCCc1ccc2cc([C@H]3CC[C@H](CC)CC3)ccc2c1. The van der Waals surface area contributed by atoms with Crippen molar-refractivity contribution in [3.05, 3.63) is 47.5 Å². The van der Waals surface area contributed by atoms with Gasteiger partial charge in [-0.3, -0.25) is 0 Å². The van der Waals surface area contributed by atoms with E-state index in [-0.39, 0.29) is 0 Å². The van der Waals surface area contributed by atoms with Crippen molar-refractivity contribution < 1.29 is 0 Å². The van der Waals surface area contributed by atoms with Crippen LogP contribution in [0.4, 0.5) is 0 Å². The zero-order valence-electron chi connectivity index (χ0n) is 13.6. The fourth-order valence-corrected chi connectivity index (χ4v) is 3.92. The first-order valence-corrected chi connectivity index (χ1v) is 8.82. The van der Waals surface area contributed by atoms with E-state index in [4.69, 9.17) is 0 Å². The average molecular weight is 280 g/mol. The van der Waals surface area contributed by atoms with Gasteiger partial charge in [-0.05, 0) is 65.8 Å². The highest BCUT2D eigenvalue weighted by Crippen LogP contribution is 2.37. The van der Waals surface area contributed by atoms with Gasteiger partial charge in [0.2, 0.25) is 0 Å². The van der Waals surface area contributed by atoms with Gasteiger partial charge in [0.1, 0.15) is 0 Å². The van der Waals surface area contributed by atoms with Crippen molar-refractivity contribution in [3.63, 3.8) is 0 Å². The topological polar surface area (TPSA) is 0 Å². The van der Waals surface area contributed by atoms with Crippen LogP contribution in [0, 0.1) is 5.92 Å². The Bertz CT molecular complexity index is 588. The van der Waals surface area contributed by atoms with E-state index in [0.29, 0.717) is 0 Å². The summed E-state index contributed by atoms with van der Waals surface area (Å²) < 4.78 is 0. The lowest BCUT2D eigenvalue weighted by Crippen LogP contribution is -2.12. The smallest absolute Gasteiger partial charge is 0.0162 e. The molecule has 1 saturated carbocycles. The van der Waals surface area contributed by atoms with Crippen molar-refractivity contribution in [1.82, 2.24) is 0 Å². The van der Waals surface area contributed by atoms with E-state index in [0.717, 1.165) is 11.8 Å². The Morgan fingerprint density at radius 2 is 1.57 bits per heavy atom. The molecule has 0 saturated heterocycles. The van der Waals surface area contributed by atoms with Gasteiger partial charge >= 0.3 is 0 Å². The van der Waals surface area contributed by atoms with Crippen LogP contribution in [-0.2, 0) is 6.42 Å². The van der Waals surface area contributed by atoms with Crippen LogP contribution in [0.15, 0.2) is 36.4 Å². The third-order valence-electron chi connectivity index (χ3n) is 5.36. The lowest BCUT2D eigenvalue weighted by atomic mass is 9.77. The Morgan fingerprint density at radius 3 is 2.29 bits per heavy atom. The normalized spacial score (nSPS) is 22.6. The van der Waals surface area contributed by atoms with Crippen LogP contribution in [0.5, 0.6) is 0 Å². The highest BCUT2D eigenvalue weighted by Gasteiger charge is 2.21. The first kappa shape index (κ1) is 14.6. The molecule has 0 N–H and O–H groups in total. The van der Waals surface area contributed by atoms with E-state index in [1.54, 1.807) is 5.56 Å². The second-order valence-corrected chi connectivity index (χ2v) is 6.82. The third-order valence-corrected chi connectivity index (χ3v) is 5.36. The molecule has 2 aromatic carbocycles. The zero-order chi connectivity index (χ0) is 14.7. The number of aryl methyl sites for hydroxylation is 1. The summed E-state index contributed by atoms with van der Waals surface area (Å²) in [6, 6.07) is 14.2. The maximum absolute atomic E-state index is 2.45. The molecule has 0 aromatic heterocycles. The minimum atomic E-state index is 0.799. The molecule has 0 nitrogen and oxygen atoms in total. The number of fused-ring (bicyclic) bond motifs is 1. The van der Waals surface area contributed by atoms with E-state index in [9.17, 15) is 0 Å². The molecule has 1 aliphatic rings. The first-order chi connectivity index (χ1) is 10.3. The Kier molecular flexibility index (Phi) is 4.63. The van der Waals surface area contributed by atoms with Crippen molar-refractivity contribution in [2.24, 2.45) is 5.92 Å². The average Bonchev–Trinajstić information content (AvgIpc) is 2.55. The maximum Gasteiger partial charge on any atom is -0.0162 e. The molecule has 2 aromatic rings. The minimum Gasteiger partial charge on any atom is -0.0651 e. The van der Waals surface area contributed by atoms with Crippen molar-refractivity contribution in [2.45, 2.75) is 64.7 Å². The molecule has 0 heterocycles. The Balaban J connectivity index is 1.80. The van der Waals surface area contributed by atoms with Crippen LogP contribution < -0.4 is 0 Å². The molecule has 1 fully saturated rings. The van der Waals surface area contributed by atoms with Gasteiger partial charge in [-0.2, -0.15) is 0 Å². The van der Waals surface area contributed by atoms with Crippen molar-refractivity contribution in [1.29, 1.82) is 0 Å². The van der Waals surface area contributed by atoms with E-state index >= 15 is 0 Å². The molecule has 0 heteroatoms. The van der Waals surface area contributed by atoms with Crippen LogP contribution in [-0.4, -0.2) is 0 Å². The summed E-state index contributed by atoms with van der Waals surface area (Å²) in [6.07, 6.45) is 9.41. The molecular weight excluding hydrogens is 252 g/mol. The van der Waals surface area contributed by atoms with Crippen LogP contribution in [0.2, 0.25) is 0 Å². The minimum absolute atomic E-state index is 0.799. The second-order valence-electron chi connectivity index (χ2n) is 6.82. The fraction of sp³-hybridized carbons (Fsp3) is 0.524. The largest absolute Gasteiger partial charge is 0.0651 e. The summed E-state index contributed by atoms with van der Waals surface area (Å²) in [4.78, 5) is 0. The second kappa shape index (κ2) is 6.64. The first-order valence-electron chi connectivity index (χ1n) is 8.82.